The molecule has 2 aromatic carbocycles. The van der Waals surface area contributed by atoms with Gasteiger partial charge in [0.2, 0.25) is 5.91 Å². The van der Waals surface area contributed by atoms with Crippen LogP contribution in [0, 0.1) is 5.82 Å². The molecule has 1 unspecified atom stereocenters. The summed E-state index contributed by atoms with van der Waals surface area (Å²) in [7, 11) is 0. The quantitative estimate of drug-likeness (QED) is 0.279. The van der Waals surface area contributed by atoms with Gasteiger partial charge in [-0.3, -0.25) is 4.79 Å². The molecule has 1 heterocycles. The Kier molecular flexibility index (Phi) is 10.7. The van der Waals surface area contributed by atoms with Crippen LogP contribution in [-0.2, 0) is 17.9 Å². The van der Waals surface area contributed by atoms with E-state index in [2.05, 4.69) is 39.9 Å². The summed E-state index contributed by atoms with van der Waals surface area (Å²) in [4.78, 5) is 18.3. The van der Waals surface area contributed by atoms with Gasteiger partial charge in [-0.05, 0) is 43.5 Å². The molecule has 8 heteroatoms. The first-order valence-corrected chi connectivity index (χ1v) is 10.8. The summed E-state index contributed by atoms with van der Waals surface area (Å²) in [6.45, 7) is 7.28. The number of hydrogen-bond acceptors (Lipinski definition) is 3. The topological polar surface area (TPSA) is 66.0 Å². The number of likely N-dealkylation sites (tertiary alicyclic amines) is 1. The van der Waals surface area contributed by atoms with Crippen molar-refractivity contribution in [1.82, 2.24) is 15.5 Å². The van der Waals surface area contributed by atoms with Gasteiger partial charge in [0, 0.05) is 32.1 Å². The maximum atomic E-state index is 13.3. The number of carbonyl (C=O) groups excluding carboxylic acids is 1. The van der Waals surface area contributed by atoms with Crippen LogP contribution in [0.15, 0.2) is 53.5 Å². The largest absolute Gasteiger partial charge is 0.489 e. The Labute approximate surface area is 206 Å². The van der Waals surface area contributed by atoms with Crippen molar-refractivity contribution in [3.05, 3.63) is 65.5 Å². The van der Waals surface area contributed by atoms with Gasteiger partial charge < -0.3 is 20.3 Å². The number of nitrogens with one attached hydrogen (secondary N) is 2. The van der Waals surface area contributed by atoms with E-state index in [0.717, 1.165) is 30.6 Å². The fourth-order valence-corrected chi connectivity index (χ4v) is 3.41. The first-order chi connectivity index (χ1) is 15.0. The van der Waals surface area contributed by atoms with Crippen LogP contribution in [0.1, 0.15) is 37.8 Å². The normalized spacial score (nSPS) is 14.7. The number of rotatable bonds is 9. The average molecular weight is 554 g/mol. The Balaban J connectivity index is 0.00000363. The molecular weight excluding hydrogens is 522 g/mol. The highest BCUT2D eigenvalue weighted by Gasteiger charge is 2.19. The van der Waals surface area contributed by atoms with E-state index < -0.39 is 0 Å². The Morgan fingerprint density at radius 2 is 1.94 bits per heavy atom. The average Bonchev–Trinajstić information content (AvgIpc) is 3.15. The summed E-state index contributed by atoms with van der Waals surface area (Å²) >= 11 is 0. The molecule has 1 fully saturated rings. The zero-order chi connectivity index (χ0) is 22.1. The van der Waals surface area contributed by atoms with Crippen LogP contribution in [-0.4, -0.2) is 42.5 Å². The molecular formula is C24H32FIN4O2. The van der Waals surface area contributed by atoms with Gasteiger partial charge in [-0.15, -0.1) is 24.0 Å². The standard InChI is InChI=1S/C24H31FN4O2.HI/c1-3-26-24(27-15-18(2)31-22-7-4-6-21(25)14-22)28-16-19-9-11-20(12-10-19)17-29-13-5-8-23(29)30;/h4,6-7,9-12,14,18H,3,5,8,13,15-17H2,1-2H3,(H2,26,27,28);1H. The summed E-state index contributed by atoms with van der Waals surface area (Å²) in [6.07, 6.45) is 1.47. The van der Waals surface area contributed by atoms with E-state index in [1.54, 1.807) is 12.1 Å². The molecule has 1 amide bonds. The summed E-state index contributed by atoms with van der Waals surface area (Å²) in [5.41, 5.74) is 2.23. The van der Waals surface area contributed by atoms with Crippen molar-refractivity contribution in [2.24, 2.45) is 4.99 Å². The smallest absolute Gasteiger partial charge is 0.222 e. The molecule has 0 bridgehead atoms. The molecule has 0 spiro atoms. The van der Waals surface area contributed by atoms with E-state index >= 15 is 0 Å². The molecule has 1 aliphatic rings. The van der Waals surface area contributed by atoms with Crippen LogP contribution < -0.4 is 15.4 Å². The van der Waals surface area contributed by atoms with Gasteiger partial charge in [-0.1, -0.05) is 30.3 Å². The van der Waals surface area contributed by atoms with Crippen LogP contribution >= 0.6 is 24.0 Å². The third-order valence-electron chi connectivity index (χ3n) is 5.02. The van der Waals surface area contributed by atoms with E-state index in [1.165, 1.54) is 12.1 Å². The van der Waals surface area contributed by atoms with Gasteiger partial charge in [0.1, 0.15) is 17.7 Å². The highest BCUT2D eigenvalue weighted by molar-refractivity contribution is 14.0. The molecule has 2 aromatic rings. The van der Waals surface area contributed by atoms with Gasteiger partial charge in [-0.25, -0.2) is 9.38 Å². The number of ether oxygens (including phenoxy) is 1. The van der Waals surface area contributed by atoms with Crippen molar-refractivity contribution >= 4 is 35.8 Å². The monoisotopic (exact) mass is 554 g/mol. The lowest BCUT2D eigenvalue weighted by Gasteiger charge is -2.18. The van der Waals surface area contributed by atoms with Crippen LogP contribution in [0.3, 0.4) is 0 Å². The Hall–Kier alpha value is -2.36. The molecule has 1 aliphatic heterocycles. The number of aliphatic imine (C=N–C) groups is 1. The predicted molar refractivity (Wildman–Crippen MR) is 136 cm³/mol. The molecule has 6 nitrogen and oxygen atoms in total. The number of guanidine groups is 1. The highest BCUT2D eigenvalue weighted by atomic mass is 127. The molecule has 174 valence electrons. The number of amides is 1. The van der Waals surface area contributed by atoms with Gasteiger partial charge in [-0.2, -0.15) is 0 Å². The lowest BCUT2D eigenvalue weighted by Crippen LogP contribution is -2.41. The van der Waals surface area contributed by atoms with Crippen molar-refractivity contribution in [1.29, 1.82) is 0 Å². The van der Waals surface area contributed by atoms with E-state index in [-0.39, 0.29) is 41.8 Å². The number of hydrogen-bond donors (Lipinski definition) is 2. The second-order valence-corrected chi connectivity index (χ2v) is 7.70. The van der Waals surface area contributed by atoms with Crippen LogP contribution in [0.5, 0.6) is 5.75 Å². The first kappa shape index (κ1) is 25.9. The van der Waals surface area contributed by atoms with Crippen molar-refractivity contribution in [3.63, 3.8) is 0 Å². The summed E-state index contributed by atoms with van der Waals surface area (Å²) in [5.74, 6) is 1.13. The van der Waals surface area contributed by atoms with Crippen molar-refractivity contribution in [3.8, 4) is 5.75 Å². The minimum atomic E-state index is -0.314. The minimum Gasteiger partial charge on any atom is -0.489 e. The molecule has 1 saturated heterocycles. The van der Waals surface area contributed by atoms with Crippen LogP contribution in [0.25, 0.3) is 0 Å². The van der Waals surface area contributed by atoms with E-state index in [4.69, 9.17) is 4.74 Å². The van der Waals surface area contributed by atoms with Crippen molar-refractivity contribution in [2.75, 3.05) is 19.6 Å². The highest BCUT2D eigenvalue weighted by Crippen LogP contribution is 2.15. The van der Waals surface area contributed by atoms with Gasteiger partial charge in [0.25, 0.3) is 0 Å². The maximum absolute atomic E-state index is 13.3. The van der Waals surface area contributed by atoms with Crippen LogP contribution in [0.2, 0.25) is 0 Å². The number of benzene rings is 2. The molecule has 0 radical (unpaired) electrons. The molecule has 3 rings (SSSR count). The predicted octanol–water partition coefficient (Wildman–Crippen LogP) is 4.09. The Bertz CT molecular complexity index is 892. The van der Waals surface area contributed by atoms with Crippen molar-refractivity contribution < 1.29 is 13.9 Å². The molecule has 0 aromatic heterocycles. The fourth-order valence-electron chi connectivity index (χ4n) is 3.41. The second kappa shape index (κ2) is 13.2. The number of nitrogens with zero attached hydrogens (tertiary/aromatic N) is 2. The number of halogens is 2. The molecule has 0 saturated carbocycles. The zero-order valence-corrected chi connectivity index (χ0v) is 21.0. The second-order valence-electron chi connectivity index (χ2n) is 7.70. The Morgan fingerprint density at radius 1 is 1.19 bits per heavy atom. The lowest BCUT2D eigenvalue weighted by atomic mass is 10.1. The third-order valence-corrected chi connectivity index (χ3v) is 5.02. The van der Waals surface area contributed by atoms with E-state index in [1.807, 2.05) is 18.7 Å². The lowest BCUT2D eigenvalue weighted by molar-refractivity contribution is -0.128. The summed E-state index contributed by atoms with van der Waals surface area (Å²) in [5, 5.41) is 6.49. The number of carbonyl (C=O) groups is 1. The molecule has 1 atom stereocenters. The molecule has 0 aliphatic carbocycles. The van der Waals surface area contributed by atoms with Crippen LogP contribution in [0.4, 0.5) is 4.39 Å². The van der Waals surface area contributed by atoms with Crippen molar-refractivity contribution in [2.45, 2.75) is 45.9 Å². The van der Waals surface area contributed by atoms with E-state index in [9.17, 15) is 9.18 Å². The maximum Gasteiger partial charge on any atom is 0.222 e. The first-order valence-electron chi connectivity index (χ1n) is 10.8. The molecule has 32 heavy (non-hydrogen) atoms. The molecule has 2 N–H and O–H groups in total. The zero-order valence-electron chi connectivity index (χ0n) is 18.6. The summed E-state index contributed by atoms with van der Waals surface area (Å²) < 4.78 is 19.0. The van der Waals surface area contributed by atoms with E-state index in [0.29, 0.717) is 37.8 Å². The summed E-state index contributed by atoms with van der Waals surface area (Å²) in [6, 6.07) is 14.4. The third kappa shape index (κ3) is 8.29. The van der Waals surface area contributed by atoms with Gasteiger partial charge in [0.15, 0.2) is 5.96 Å². The fraction of sp³-hybridized carbons (Fsp3) is 0.417. The minimum absolute atomic E-state index is 0. The van der Waals surface area contributed by atoms with Gasteiger partial charge >= 0.3 is 0 Å². The SMILES string of the molecule is CCNC(=NCc1ccc(CN2CCCC2=O)cc1)NCC(C)Oc1cccc(F)c1.I. The van der Waals surface area contributed by atoms with Gasteiger partial charge in [0.05, 0.1) is 13.1 Å². The Morgan fingerprint density at radius 3 is 2.59 bits per heavy atom.